The van der Waals surface area contributed by atoms with Gasteiger partial charge in [-0.3, -0.25) is 0 Å². The molecule has 0 saturated heterocycles. The summed E-state index contributed by atoms with van der Waals surface area (Å²) in [5.74, 6) is 0. The number of benzene rings is 1. The van der Waals surface area contributed by atoms with Gasteiger partial charge < -0.3 is 5.32 Å². The number of hydrogen-bond donors (Lipinski definition) is 1. The molecule has 0 bridgehead atoms. The Balaban J connectivity index is 2.83. The zero-order valence-electron chi connectivity index (χ0n) is 12.0. The zero-order chi connectivity index (χ0) is 15.8. The number of nitrogens with one attached hydrogen (secondary N) is 1. The number of anilines is 1. The topological polar surface area (TPSA) is 24.9 Å². The van der Waals surface area contributed by atoms with Gasteiger partial charge in [-0.1, -0.05) is 22.9 Å². The first-order valence-corrected chi connectivity index (χ1v) is 7.46. The third kappa shape index (κ3) is 3.15. The highest BCUT2D eigenvalue weighted by atomic mass is 79.9. The van der Waals surface area contributed by atoms with E-state index in [4.69, 9.17) is 0 Å². The second-order valence-electron chi connectivity index (χ2n) is 5.00. The molecule has 0 spiro atoms. The molecule has 1 heterocycles. The molecule has 1 aromatic carbocycles. The summed E-state index contributed by atoms with van der Waals surface area (Å²) in [5, 5.41) is 3.82. The van der Waals surface area contributed by atoms with Crippen LogP contribution in [0.25, 0.3) is 10.9 Å². The van der Waals surface area contributed by atoms with E-state index >= 15 is 0 Å². The van der Waals surface area contributed by atoms with Gasteiger partial charge in [-0.05, 0) is 38.0 Å². The third-order valence-corrected chi connectivity index (χ3v) is 3.77. The van der Waals surface area contributed by atoms with Gasteiger partial charge in [0.15, 0.2) is 0 Å². The molecule has 2 rings (SSSR count). The minimum atomic E-state index is -4.46. The highest BCUT2D eigenvalue weighted by Gasteiger charge is 2.36. The van der Waals surface area contributed by atoms with Gasteiger partial charge >= 0.3 is 6.18 Å². The molecular formula is C15H16BrF3N2. The Hall–Kier alpha value is -1.30. The highest BCUT2D eigenvalue weighted by Crippen LogP contribution is 2.38. The van der Waals surface area contributed by atoms with Crippen molar-refractivity contribution in [3.8, 4) is 0 Å². The van der Waals surface area contributed by atoms with Crippen LogP contribution in [0.5, 0.6) is 0 Å². The summed E-state index contributed by atoms with van der Waals surface area (Å²) in [6.07, 6.45) is -3.63. The summed E-state index contributed by atoms with van der Waals surface area (Å²) in [6.45, 7) is 5.81. The van der Waals surface area contributed by atoms with E-state index in [0.29, 0.717) is 28.7 Å². The number of aryl methyl sites for hydroxylation is 1. The van der Waals surface area contributed by atoms with Crippen molar-refractivity contribution < 1.29 is 13.2 Å². The highest BCUT2D eigenvalue weighted by molar-refractivity contribution is 9.10. The van der Waals surface area contributed by atoms with Crippen LogP contribution >= 0.6 is 15.9 Å². The van der Waals surface area contributed by atoms with E-state index in [2.05, 4.69) is 26.2 Å². The molecule has 0 amide bonds. The lowest BCUT2D eigenvalue weighted by Crippen LogP contribution is -2.14. The van der Waals surface area contributed by atoms with Gasteiger partial charge in [-0.15, -0.1) is 0 Å². The summed E-state index contributed by atoms with van der Waals surface area (Å²) in [6, 6.07) is 3.58. The molecule has 0 aliphatic carbocycles. The fourth-order valence-electron chi connectivity index (χ4n) is 2.34. The van der Waals surface area contributed by atoms with Crippen LogP contribution in [0.15, 0.2) is 16.6 Å². The maximum atomic E-state index is 13.2. The van der Waals surface area contributed by atoms with Crippen molar-refractivity contribution in [2.75, 3.05) is 11.9 Å². The monoisotopic (exact) mass is 360 g/mol. The lowest BCUT2D eigenvalue weighted by Gasteiger charge is -2.18. The molecule has 0 radical (unpaired) electrons. The van der Waals surface area contributed by atoms with Gasteiger partial charge in [-0.25, -0.2) is 4.98 Å². The third-order valence-electron chi connectivity index (χ3n) is 3.31. The van der Waals surface area contributed by atoms with E-state index < -0.39 is 11.9 Å². The predicted octanol–water partition coefficient (Wildman–Crippen LogP) is 5.45. The normalized spacial score (nSPS) is 12.0. The van der Waals surface area contributed by atoms with E-state index in [1.807, 2.05) is 6.92 Å². The van der Waals surface area contributed by atoms with Crippen LogP contribution in [0.3, 0.4) is 0 Å². The van der Waals surface area contributed by atoms with Gasteiger partial charge in [0.25, 0.3) is 0 Å². The minimum Gasteiger partial charge on any atom is -0.384 e. The average molecular weight is 361 g/mol. The van der Waals surface area contributed by atoms with Crippen LogP contribution in [0.1, 0.15) is 30.2 Å². The van der Waals surface area contributed by atoms with Crippen LogP contribution in [0.2, 0.25) is 0 Å². The van der Waals surface area contributed by atoms with E-state index in [0.717, 1.165) is 10.9 Å². The number of pyridine rings is 1. The molecule has 0 aliphatic heterocycles. The number of fused-ring (bicyclic) bond motifs is 1. The van der Waals surface area contributed by atoms with Crippen LogP contribution in [-0.2, 0) is 6.18 Å². The standard InChI is InChI=1S/C15H16BrF3N2/c1-4-5-20-13-9(3)14(15(17,18)19)21-12-8(2)6-10(16)7-11(12)13/h6-7H,4-5H2,1-3H3,(H,20,21). The number of rotatable bonds is 3. The lowest BCUT2D eigenvalue weighted by molar-refractivity contribution is -0.141. The van der Waals surface area contributed by atoms with Crippen molar-refractivity contribution >= 4 is 32.5 Å². The van der Waals surface area contributed by atoms with Crippen molar-refractivity contribution in [3.05, 3.63) is 33.4 Å². The maximum absolute atomic E-state index is 13.2. The fraction of sp³-hybridized carbons (Fsp3) is 0.400. The van der Waals surface area contributed by atoms with Gasteiger partial charge in [0.1, 0.15) is 5.69 Å². The lowest BCUT2D eigenvalue weighted by atomic mass is 10.0. The molecule has 1 N–H and O–H groups in total. The van der Waals surface area contributed by atoms with Gasteiger partial charge in [-0.2, -0.15) is 13.2 Å². The molecule has 114 valence electrons. The first-order chi connectivity index (χ1) is 9.75. The molecule has 0 unspecified atom stereocenters. The number of halogens is 4. The Labute approximate surface area is 129 Å². The molecule has 2 aromatic rings. The van der Waals surface area contributed by atoms with Crippen molar-refractivity contribution in [2.24, 2.45) is 0 Å². The number of aromatic nitrogens is 1. The molecular weight excluding hydrogens is 345 g/mol. The number of nitrogens with zero attached hydrogens (tertiary/aromatic N) is 1. The van der Waals surface area contributed by atoms with Crippen LogP contribution in [-0.4, -0.2) is 11.5 Å². The Morgan fingerprint density at radius 2 is 1.90 bits per heavy atom. The molecule has 6 heteroatoms. The van der Waals surface area contributed by atoms with Gasteiger partial charge in [0, 0.05) is 27.7 Å². The first-order valence-electron chi connectivity index (χ1n) is 6.67. The smallest absolute Gasteiger partial charge is 0.384 e. The maximum Gasteiger partial charge on any atom is 0.433 e. The quantitative estimate of drug-likeness (QED) is 0.786. The zero-order valence-corrected chi connectivity index (χ0v) is 13.6. The van der Waals surface area contributed by atoms with Crippen LogP contribution < -0.4 is 5.32 Å². The van der Waals surface area contributed by atoms with Crippen molar-refractivity contribution in [1.29, 1.82) is 0 Å². The second kappa shape index (κ2) is 5.83. The molecule has 0 atom stereocenters. The van der Waals surface area contributed by atoms with E-state index in [1.165, 1.54) is 6.92 Å². The van der Waals surface area contributed by atoms with E-state index in [9.17, 15) is 13.2 Å². The SMILES string of the molecule is CCCNc1c(C)c(C(F)(F)F)nc2c(C)cc(Br)cc12. The van der Waals surface area contributed by atoms with Crippen LogP contribution in [0, 0.1) is 13.8 Å². The van der Waals surface area contributed by atoms with E-state index in [1.54, 1.807) is 19.1 Å². The Kier molecular flexibility index (Phi) is 4.46. The Bertz CT molecular complexity index is 681. The predicted molar refractivity (Wildman–Crippen MR) is 82.7 cm³/mol. The largest absolute Gasteiger partial charge is 0.433 e. The molecule has 2 nitrogen and oxygen atoms in total. The molecule has 0 saturated carbocycles. The summed E-state index contributed by atoms with van der Waals surface area (Å²) < 4.78 is 40.4. The van der Waals surface area contributed by atoms with Gasteiger partial charge in [0.05, 0.1) is 5.52 Å². The summed E-state index contributed by atoms with van der Waals surface area (Å²) in [5.41, 5.74) is 0.928. The molecule has 0 aliphatic rings. The molecule has 21 heavy (non-hydrogen) atoms. The molecule has 0 fully saturated rings. The average Bonchev–Trinajstić information content (AvgIpc) is 2.35. The Morgan fingerprint density at radius 1 is 1.24 bits per heavy atom. The summed E-state index contributed by atoms with van der Waals surface area (Å²) in [4.78, 5) is 3.87. The second-order valence-corrected chi connectivity index (χ2v) is 5.92. The summed E-state index contributed by atoms with van der Waals surface area (Å²) in [7, 11) is 0. The van der Waals surface area contributed by atoms with Crippen molar-refractivity contribution in [3.63, 3.8) is 0 Å². The molecule has 1 aromatic heterocycles. The minimum absolute atomic E-state index is 0.140. The van der Waals surface area contributed by atoms with E-state index in [-0.39, 0.29) is 5.56 Å². The van der Waals surface area contributed by atoms with Crippen molar-refractivity contribution in [1.82, 2.24) is 4.98 Å². The van der Waals surface area contributed by atoms with Crippen LogP contribution in [0.4, 0.5) is 18.9 Å². The van der Waals surface area contributed by atoms with Gasteiger partial charge in [0.2, 0.25) is 0 Å². The fourth-order valence-corrected chi connectivity index (χ4v) is 2.92. The Morgan fingerprint density at radius 3 is 2.48 bits per heavy atom. The van der Waals surface area contributed by atoms with Crippen molar-refractivity contribution in [2.45, 2.75) is 33.4 Å². The number of hydrogen-bond acceptors (Lipinski definition) is 2. The summed E-state index contributed by atoms with van der Waals surface area (Å²) >= 11 is 3.39. The number of alkyl halides is 3. The first kappa shape index (κ1) is 16.1.